The van der Waals surface area contributed by atoms with E-state index in [4.69, 9.17) is 18.0 Å². The molecule has 0 amide bonds. The van der Waals surface area contributed by atoms with Crippen LogP contribution in [-0.4, -0.2) is 23.1 Å². The van der Waals surface area contributed by atoms with Crippen LogP contribution in [0.5, 0.6) is 0 Å². The van der Waals surface area contributed by atoms with E-state index in [1.165, 1.54) is 11.1 Å². The standard InChI is InChI=1S/C17H19N3S/c1-12-6-9-19-17(15(12)16(18)21)20-10-7-13-4-2-3-5-14(13)8-11-20/h2-6,9H,7-8,10-11H2,1H3,(H2,18,21). The number of hydrogen-bond donors (Lipinski definition) is 1. The molecule has 1 aliphatic heterocycles. The summed E-state index contributed by atoms with van der Waals surface area (Å²) in [4.78, 5) is 7.28. The van der Waals surface area contributed by atoms with Crippen molar-refractivity contribution in [2.75, 3.05) is 18.0 Å². The summed E-state index contributed by atoms with van der Waals surface area (Å²) in [5.41, 5.74) is 10.8. The number of anilines is 1. The Morgan fingerprint density at radius 1 is 1.14 bits per heavy atom. The summed E-state index contributed by atoms with van der Waals surface area (Å²) in [5, 5.41) is 0. The fourth-order valence-corrected chi connectivity index (χ4v) is 3.22. The van der Waals surface area contributed by atoms with Crippen LogP contribution in [0, 0.1) is 6.92 Å². The lowest BCUT2D eigenvalue weighted by atomic mass is 10.0. The average molecular weight is 297 g/mol. The van der Waals surface area contributed by atoms with Gasteiger partial charge in [0, 0.05) is 19.3 Å². The van der Waals surface area contributed by atoms with Gasteiger partial charge in [-0.15, -0.1) is 0 Å². The number of pyridine rings is 1. The molecule has 2 N–H and O–H groups in total. The van der Waals surface area contributed by atoms with Gasteiger partial charge < -0.3 is 10.6 Å². The van der Waals surface area contributed by atoms with Crippen molar-refractivity contribution < 1.29 is 0 Å². The van der Waals surface area contributed by atoms with Crippen molar-refractivity contribution in [3.05, 3.63) is 58.8 Å². The van der Waals surface area contributed by atoms with Crippen molar-refractivity contribution in [1.29, 1.82) is 0 Å². The summed E-state index contributed by atoms with van der Waals surface area (Å²) >= 11 is 5.22. The Morgan fingerprint density at radius 2 is 1.76 bits per heavy atom. The van der Waals surface area contributed by atoms with Crippen molar-refractivity contribution in [2.45, 2.75) is 19.8 Å². The van der Waals surface area contributed by atoms with Crippen molar-refractivity contribution in [1.82, 2.24) is 4.98 Å². The quantitative estimate of drug-likeness (QED) is 0.865. The molecule has 2 heterocycles. The molecule has 21 heavy (non-hydrogen) atoms. The number of thiocarbonyl (C=S) groups is 1. The number of aromatic nitrogens is 1. The van der Waals surface area contributed by atoms with Gasteiger partial charge in [-0.3, -0.25) is 0 Å². The third-order valence-electron chi connectivity index (χ3n) is 4.11. The summed E-state index contributed by atoms with van der Waals surface area (Å²) < 4.78 is 0. The van der Waals surface area contributed by atoms with Crippen LogP contribution in [0.25, 0.3) is 0 Å². The minimum Gasteiger partial charge on any atom is -0.389 e. The fourth-order valence-electron chi connectivity index (χ4n) is 2.97. The number of fused-ring (bicyclic) bond motifs is 1. The van der Waals surface area contributed by atoms with E-state index in [0.717, 1.165) is 42.9 Å². The van der Waals surface area contributed by atoms with Crippen LogP contribution in [0.1, 0.15) is 22.3 Å². The fraction of sp³-hybridized carbons (Fsp3) is 0.294. The number of aryl methyl sites for hydroxylation is 1. The normalized spacial score (nSPS) is 14.4. The Bertz CT molecular complexity index is 654. The minimum atomic E-state index is 0.428. The first-order valence-electron chi connectivity index (χ1n) is 7.24. The molecule has 1 aliphatic rings. The number of benzene rings is 1. The van der Waals surface area contributed by atoms with Crippen molar-refractivity contribution in [3.63, 3.8) is 0 Å². The van der Waals surface area contributed by atoms with Gasteiger partial charge in [0.15, 0.2) is 0 Å². The van der Waals surface area contributed by atoms with Crippen LogP contribution in [0.4, 0.5) is 5.82 Å². The van der Waals surface area contributed by atoms with E-state index in [1.54, 1.807) is 0 Å². The molecule has 1 aromatic heterocycles. The largest absolute Gasteiger partial charge is 0.389 e. The Hall–Kier alpha value is -1.94. The monoisotopic (exact) mass is 297 g/mol. The van der Waals surface area contributed by atoms with Gasteiger partial charge in [-0.1, -0.05) is 36.5 Å². The maximum atomic E-state index is 5.91. The highest BCUT2D eigenvalue weighted by Gasteiger charge is 2.19. The molecule has 1 aromatic carbocycles. The molecule has 0 atom stereocenters. The second kappa shape index (κ2) is 5.82. The summed E-state index contributed by atoms with van der Waals surface area (Å²) in [6.45, 7) is 3.93. The molecule has 0 radical (unpaired) electrons. The molecule has 0 aliphatic carbocycles. The Kier molecular flexibility index (Phi) is 3.88. The highest BCUT2D eigenvalue weighted by molar-refractivity contribution is 7.80. The van der Waals surface area contributed by atoms with E-state index in [0.29, 0.717) is 4.99 Å². The van der Waals surface area contributed by atoms with Gasteiger partial charge in [0.25, 0.3) is 0 Å². The van der Waals surface area contributed by atoms with Gasteiger partial charge >= 0.3 is 0 Å². The number of hydrogen-bond acceptors (Lipinski definition) is 3. The molecule has 0 fully saturated rings. The number of nitrogens with two attached hydrogens (primary N) is 1. The predicted octanol–water partition coefficient (Wildman–Crippen LogP) is 2.63. The van der Waals surface area contributed by atoms with E-state index in [9.17, 15) is 0 Å². The summed E-state index contributed by atoms with van der Waals surface area (Å²) in [7, 11) is 0. The predicted molar refractivity (Wildman–Crippen MR) is 90.9 cm³/mol. The molecule has 0 spiro atoms. The number of nitrogens with zero attached hydrogens (tertiary/aromatic N) is 2. The summed E-state index contributed by atoms with van der Waals surface area (Å²) in [6, 6.07) is 10.6. The first-order chi connectivity index (χ1) is 10.2. The topological polar surface area (TPSA) is 42.2 Å². The smallest absolute Gasteiger partial charge is 0.139 e. The molecule has 2 aromatic rings. The zero-order valence-electron chi connectivity index (χ0n) is 12.2. The molecule has 3 nitrogen and oxygen atoms in total. The maximum Gasteiger partial charge on any atom is 0.139 e. The molecular formula is C17H19N3S. The lowest BCUT2D eigenvalue weighted by molar-refractivity contribution is 0.789. The lowest BCUT2D eigenvalue weighted by Crippen LogP contribution is -2.30. The zero-order chi connectivity index (χ0) is 14.8. The van der Waals surface area contributed by atoms with E-state index in [1.807, 2.05) is 19.2 Å². The van der Waals surface area contributed by atoms with Gasteiger partial charge in [0.05, 0.1) is 5.56 Å². The molecule has 0 saturated carbocycles. The lowest BCUT2D eigenvalue weighted by Gasteiger charge is -2.24. The van der Waals surface area contributed by atoms with Crippen LogP contribution in [0.15, 0.2) is 36.5 Å². The molecule has 108 valence electrons. The molecule has 0 bridgehead atoms. The summed E-state index contributed by atoms with van der Waals surface area (Å²) in [5.74, 6) is 0.926. The van der Waals surface area contributed by atoms with Crippen LogP contribution in [-0.2, 0) is 12.8 Å². The maximum absolute atomic E-state index is 5.91. The van der Waals surface area contributed by atoms with Crippen molar-refractivity contribution in [3.8, 4) is 0 Å². The van der Waals surface area contributed by atoms with Crippen molar-refractivity contribution in [2.24, 2.45) is 5.73 Å². The summed E-state index contributed by atoms with van der Waals surface area (Å²) in [6.07, 6.45) is 3.90. The third-order valence-corrected chi connectivity index (χ3v) is 4.31. The van der Waals surface area contributed by atoms with Crippen LogP contribution in [0.3, 0.4) is 0 Å². The Balaban J connectivity index is 1.93. The molecule has 0 unspecified atom stereocenters. The molecule has 3 rings (SSSR count). The Morgan fingerprint density at radius 3 is 2.33 bits per heavy atom. The van der Waals surface area contributed by atoms with Gasteiger partial charge in [0.1, 0.15) is 10.8 Å². The zero-order valence-corrected chi connectivity index (χ0v) is 13.0. The highest BCUT2D eigenvalue weighted by Crippen LogP contribution is 2.24. The first-order valence-corrected chi connectivity index (χ1v) is 7.65. The van der Waals surface area contributed by atoms with Crippen LogP contribution < -0.4 is 10.6 Å². The van der Waals surface area contributed by atoms with Gasteiger partial charge in [0.2, 0.25) is 0 Å². The van der Waals surface area contributed by atoms with E-state index < -0.39 is 0 Å². The van der Waals surface area contributed by atoms with Gasteiger partial charge in [-0.25, -0.2) is 4.98 Å². The number of rotatable bonds is 2. The minimum absolute atomic E-state index is 0.428. The van der Waals surface area contributed by atoms with Gasteiger partial charge in [-0.05, 0) is 42.5 Å². The van der Waals surface area contributed by atoms with E-state index in [-0.39, 0.29) is 0 Å². The molecule has 0 saturated heterocycles. The van der Waals surface area contributed by atoms with Crippen LogP contribution in [0.2, 0.25) is 0 Å². The third kappa shape index (κ3) is 2.76. The SMILES string of the molecule is Cc1ccnc(N2CCc3ccccc3CC2)c1C(N)=S. The van der Waals surface area contributed by atoms with Gasteiger partial charge in [-0.2, -0.15) is 0 Å². The van der Waals surface area contributed by atoms with E-state index in [2.05, 4.69) is 34.1 Å². The first kappa shape index (κ1) is 14.0. The molecule has 4 heteroatoms. The molecular weight excluding hydrogens is 278 g/mol. The van der Waals surface area contributed by atoms with E-state index >= 15 is 0 Å². The second-order valence-electron chi connectivity index (χ2n) is 5.45. The van der Waals surface area contributed by atoms with Crippen LogP contribution >= 0.6 is 12.2 Å². The second-order valence-corrected chi connectivity index (χ2v) is 5.89. The highest BCUT2D eigenvalue weighted by atomic mass is 32.1. The van der Waals surface area contributed by atoms with Crippen molar-refractivity contribution >= 4 is 23.0 Å². The average Bonchev–Trinajstić information content (AvgIpc) is 2.69. The Labute approximate surface area is 130 Å².